The number of aliphatic carboxylic acids is 1. The molecular formula is C23H43N5O5. The van der Waals surface area contributed by atoms with Gasteiger partial charge in [-0.05, 0) is 50.5 Å². The molecule has 1 aliphatic heterocycles. The molecule has 0 aromatic carbocycles. The first-order chi connectivity index (χ1) is 15.6. The maximum atomic E-state index is 13.1. The number of nitrogens with zero attached hydrogens (tertiary/aromatic N) is 1. The highest BCUT2D eigenvalue weighted by Gasteiger charge is 2.39. The summed E-state index contributed by atoms with van der Waals surface area (Å²) in [6, 6.07) is -3.32. The second-order valence-corrected chi connectivity index (χ2v) is 9.16. The molecule has 10 heteroatoms. The summed E-state index contributed by atoms with van der Waals surface area (Å²) in [5.74, 6) is -2.55. The first kappa shape index (κ1) is 28.8. The summed E-state index contributed by atoms with van der Waals surface area (Å²) in [5, 5.41) is 14.8. The number of carboxylic acids is 1. The van der Waals surface area contributed by atoms with Gasteiger partial charge in [0.2, 0.25) is 17.7 Å². The fraction of sp³-hybridized carbons (Fsp3) is 0.826. The van der Waals surface area contributed by atoms with Crippen LogP contribution in [0, 0.1) is 11.8 Å². The lowest BCUT2D eigenvalue weighted by Gasteiger charge is -2.31. The van der Waals surface area contributed by atoms with Crippen LogP contribution in [-0.4, -0.2) is 71.0 Å². The van der Waals surface area contributed by atoms with Gasteiger partial charge < -0.3 is 32.1 Å². The molecule has 1 rings (SSSR count). The maximum absolute atomic E-state index is 13.1. The van der Waals surface area contributed by atoms with Crippen LogP contribution in [0.2, 0.25) is 0 Å². The van der Waals surface area contributed by atoms with Gasteiger partial charge >= 0.3 is 5.97 Å². The minimum absolute atomic E-state index is 0.00678. The molecule has 0 spiro atoms. The fourth-order valence-corrected chi connectivity index (χ4v) is 3.95. The van der Waals surface area contributed by atoms with Gasteiger partial charge in [-0.1, -0.05) is 40.5 Å². The predicted molar refractivity (Wildman–Crippen MR) is 126 cm³/mol. The van der Waals surface area contributed by atoms with E-state index in [1.54, 1.807) is 0 Å². The summed E-state index contributed by atoms with van der Waals surface area (Å²) in [5.41, 5.74) is 11.6. The number of carbonyl (C=O) groups is 4. The van der Waals surface area contributed by atoms with Gasteiger partial charge in [0.25, 0.3) is 0 Å². The molecule has 0 saturated carbocycles. The van der Waals surface area contributed by atoms with Crippen molar-refractivity contribution >= 4 is 23.7 Å². The molecule has 0 bridgehead atoms. The van der Waals surface area contributed by atoms with Crippen molar-refractivity contribution in [3.05, 3.63) is 0 Å². The minimum Gasteiger partial charge on any atom is -0.480 e. The third-order valence-electron chi connectivity index (χ3n) is 6.74. The quantitative estimate of drug-likeness (QED) is 0.232. The van der Waals surface area contributed by atoms with Gasteiger partial charge in [-0.3, -0.25) is 14.4 Å². The van der Waals surface area contributed by atoms with Crippen LogP contribution in [0.3, 0.4) is 0 Å². The lowest BCUT2D eigenvalue weighted by atomic mass is 9.96. The van der Waals surface area contributed by atoms with E-state index in [0.717, 1.165) is 6.42 Å². The molecule has 10 nitrogen and oxygen atoms in total. The highest BCUT2D eigenvalue weighted by molar-refractivity contribution is 5.94. The van der Waals surface area contributed by atoms with E-state index in [-0.39, 0.29) is 24.2 Å². The smallest absolute Gasteiger partial charge is 0.326 e. The van der Waals surface area contributed by atoms with Crippen molar-refractivity contribution < 1.29 is 24.3 Å². The van der Waals surface area contributed by atoms with Crippen molar-refractivity contribution in [3.8, 4) is 0 Å². The molecule has 0 radical (unpaired) electrons. The van der Waals surface area contributed by atoms with Gasteiger partial charge in [0.1, 0.15) is 18.1 Å². The number of carboxylic acid groups (broad SMARTS) is 1. The van der Waals surface area contributed by atoms with Crippen LogP contribution >= 0.6 is 0 Å². The Bertz CT molecular complexity index is 674. The zero-order valence-electron chi connectivity index (χ0n) is 20.5. The largest absolute Gasteiger partial charge is 0.480 e. The van der Waals surface area contributed by atoms with E-state index in [9.17, 15) is 24.3 Å². The minimum atomic E-state index is -1.12. The Morgan fingerprint density at radius 2 is 1.70 bits per heavy atom. The molecule has 33 heavy (non-hydrogen) atoms. The number of carbonyl (C=O) groups excluding carboxylic acids is 3. The van der Waals surface area contributed by atoms with E-state index in [0.29, 0.717) is 45.2 Å². The molecule has 1 saturated heterocycles. The Morgan fingerprint density at radius 1 is 1.06 bits per heavy atom. The van der Waals surface area contributed by atoms with E-state index < -0.39 is 42.0 Å². The fourth-order valence-electron chi connectivity index (χ4n) is 3.95. The molecule has 7 N–H and O–H groups in total. The van der Waals surface area contributed by atoms with E-state index >= 15 is 0 Å². The Hall–Kier alpha value is -2.20. The van der Waals surface area contributed by atoms with Crippen molar-refractivity contribution in [1.29, 1.82) is 0 Å². The zero-order chi connectivity index (χ0) is 25.1. The van der Waals surface area contributed by atoms with E-state index in [1.165, 1.54) is 4.90 Å². The van der Waals surface area contributed by atoms with Crippen LogP contribution in [0.4, 0.5) is 0 Å². The third kappa shape index (κ3) is 8.26. The lowest BCUT2D eigenvalue weighted by molar-refractivity contribution is -0.143. The molecule has 3 amide bonds. The van der Waals surface area contributed by atoms with Crippen molar-refractivity contribution in [2.75, 3.05) is 13.1 Å². The maximum Gasteiger partial charge on any atom is 0.326 e. The standard InChI is InChI=1S/C23H43N5O5/c1-5-14(3)18(25)22(31)28-13-9-11-17(28)20(29)27-19(15(4)6-2)21(30)26-16(23(32)33)10-7-8-12-24/h14-19H,5-13,24-25H2,1-4H3,(H,26,30)(H,27,29)(H,32,33). The number of hydrogen-bond donors (Lipinski definition) is 5. The number of rotatable bonds is 14. The van der Waals surface area contributed by atoms with Crippen LogP contribution < -0.4 is 22.1 Å². The van der Waals surface area contributed by atoms with Crippen molar-refractivity contribution in [3.63, 3.8) is 0 Å². The second kappa shape index (κ2) is 14.1. The van der Waals surface area contributed by atoms with Crippen molar-refractivity contribution in [2.45, 2.75) is 96.8 Å². The van der Waals surface area contributed by atoms with Crippen molar-refractivity contribution in [1.82, 2.24) is 15.5 Å². The summed E-state index contributed by atoms with van der Waals surface area (Å²) < 4.78 is 0. The molecule has 1 fully saturated rings. The molecule has 1 heterocycles. The Kier molecular flexibility index (Phi) is 12.4. The molecule has 6 atom stereocenters. The highest BCUT2D eigenvalue weighted by Crippen LogP contribution is 2.21. The first-order valence-electron chi connectivity index (χ1n) is 12.2. The summed E-state index contributed by atoms with van der Waals surface area (Å²) in [7, 11) is 0. The van der Waals surface area contributed by atoms with Crippen LogP contribution in [0.1, 0.15) is 72.6 Å². The number of amides is 3. The molecular weight excluding hydrogens is 426 g/mol. The van der Waals surface area contributed by atoms with Crippen LogP contribution in [0.5, 0.6) is 0 Å². The predicted octanol–water partition coefficient (Wildman–Crippen LogP) is 0.580. The average Bonchev–Trinajstić information content (AvgIpc) is 3.29. The van der Waals surface area contributed by atoms with E-state index in [4.69, 9.17) is 11.5 Å². The van der Waals surface area contributed by atoms with Gasteiger partial charge in [-0.25, -0.2) is 4.79 Å². The van der Waals surface area contributed by atoms with Gasteiger partial charge in [-0.15, -0.1) is 0 Å². The summed E-state index contributed by atoms with van der Waals surface area (Å²) in [6.07, 6.45) is 4.03. The number of nitrogens with one attached hydrogen (secondary N) is 2. The highest BCUT2D eigenvalue weighted by atomic mass is 16.4. The van der Waals surface area contributed by atoms with E-state index in [1.807, 2.05) is 27.7 Å². The molecule has 0 aromatic heterocycles. The Balaban J connectivity index is 2.92. The summed E-state index contributed by atoms with van der Waals surface area (Å²) >= 11 is 0. The third-order valence-corrected chi connectivity index (χ3v) is 6.74. The topological polar surface area (TPSA) is 168 Å². The van der Waals surface area contributed by atoms with Crippen LogP contribution in [0.25, 0.3) is 0 Å². The second-order valence-electron chi connectivity index (χ2n) is 9.16. The van der Waals surface area contributed by atoms with Crippen LogP contribution in [-0.2, 0) is 19.2 Å². The van der Waals surface area contributed by atoms with Gasteiger partial charge in [0.15, 0.2) is 0 Å². The average molecular weight is 470 g/mol. The summed E-state index contributed by atoms with van der Waals surface area (Å²) in [6.45, 7) is 8.48. The lowest BCUT2D eigenvalue weighted by Crippen LogP contribution is -2.58. The number of likely N-dealkylation sites (tertiary alicyclic amines) is 1. The van der Waals surface area contributed by atoms with Crippen LogP contribution in [0.15, 0.2) is 0 Å². The van der Waals surface area contributed by atoms with Gasteiger partial charge in [-0.2, -0.15) is 0 Å². The monoisotopic (exact) mass is 469 g/mol. The number of nitrogens with two attached hydrogens (primary N) is 2. The van der Waals surface area contributed by atoms with Gasteiger partial charge in [0.05, 0.1) is 6.04 Å². The molecule has 0 aliphatic carbocycles. The number of unbranched alkanes of at least 4 members (excludes halogenated alkanes) is 1. The van der Waals surface area contributed by atoms with Crippen molar-refractivity contribution in [2.24, 2.45) is 23.3 Å². The normalized spacial score (nSPS) is 20.4. The first-order valence-corrected chi connectivity index (χ1v) is 12.2. The molecule has 190 valence electrons. The molecule has 0 aromatic rings. The SMILES string of the molecule is CCC(C)C(N)C(=O)N1CCCC1C(=O)NC(C(=O)NC(CCCCN)C(=O)O)C(C)CC. The molecule has 1 aliphatic rings. The molecule has 6 unspecified atom stereocenters. The van der Waals surface area contributed by atoms with E-state index in [2.05, 4.69) is 10.6 Å². The Labute approximate surface area is 197 Å². The zero-order valence-corrected chi connectivity index (χ0v) is 20.5. The van der Waals surface area contributed by atoms with Gasteiger partial charge in [0, 0.05) is 6.54 Å². The summed E-state index contributed by atoms with van der Waals surface area (Å²) in [4.78, 5) is 52.1. The Morgan fingerprint density at radius 3 is 2.24 bits per heavy atom. The number of hydrogen-bond acceptors (Lipinski definition) is 6.